The monoisotopic (exact) mass is 411 g/mol. The molecule has 2 heterocycles. The summed E-state index contributed by atoms with van der Waals surface area (Å²) in [5.74, 6) is 0.369. The van der Waals surface area contributed by atoms with Crippen LogP contribution in [0.2, 0.25) is 0 Å². The lowest BCUT2D eigenvalue weighted by atomic mass is 9.91. The van der Waals surface area contributed by atoms with E-state index in [1.54, 1.807) is 6.20 Å². The largest absolute Gasteiger partial charge is 0.369 e. The van der Waals surface area contributed by atoms with Crippen LogP contribution in [0.4, 0.5) is 5.82 Å². The van der Waals surface area contributed by atoms with Gasteiger partial charge in [0.1, 0.15) is 5.82 Å². The Morgan fingerprint density at radius 1 is 1.00 bits per heavy atom. The number of rotatable bonds is 8. The zero-order chi connectivity index (χ0) is 21.6. The number of nitrogens with zero attached hydrogens (tertiary/aromatic N) is 2. The van der Waals surface area contributed by atoms with Crippen LogP contribution < -0.4 is 16.8 Å². The molecule has 0 fully saturated rings. The molecule has 0 saturated heterocycles. The quantitative estimate of drug-likeness (QED) is 0.383. The molecule has 0 atom stereocenters. The fourth-order valence-electron chi connectivity index (χ4n) is 3.74. The number of carbonyl (C=O) groups is 1. The average Bonchev–Trinajstić information content (AvgIpc) is 2.79. The van der Waals surface area contributed by atoms with Gasteiger partial charge < -0.3 is 16.8 Å². The van der Waals surface area contributed by atoms with E-state index in [2.05, 4.69) is 10.3 Å². The van der Waals surface area contributed by atoms with Crippen LogP contribution in [0.3, 0.4) is 0 Å². The van der Waals surface area contributed by atoms with Crippen molar-refractivity contribution in [1.29, 1.82) is 0 Å². The van der Waals surface area contributed by atoms with Gasteiger partial charge in [-0.3, -0.25) is 9.78 Å². The van der Waals surface area contributed by atoms with E-state index in [0.29, 0.717) is 13.1 Å². The van der Waals surface area contributed by atoms with Gasteiger partial charge in [-0.05, 0) is 47.9 Å². The zero-order valence-corrected chi connectivity index (χ0v) is 17.2. The third-order valence-electron chi connectivity index (χ3n) is 5.13. The van der Waals surface area contributed by atoms with Gasteiger partial charge in [0.05, 0.1) is 17.6 Å². The van der Waals surface area contributed by atoms with Crippen molar-refractivity contribution in [2.45, 2.75) is 12.8 Å². The lowest BCUT2D eigenvalue weighted by molar-refractivity contribution is -0.117. The standard InChI is InChI=1S/C25H25N5O/c26-12-6-14-29-25-20-11-5-13-28-21(20)16-22(30-25)24-18(15-23(27)31)9-4-10-19(24)17-7-2-1-3-8-17/h1-5,7-11,13,16H,6,12,14-15,26H2,(H2,27,31)(H,29,30). The molecule has 4 aromatic rings. The van der Waals surface area contributed by atoms with E-state index in [9.17, 15) is 4.79 Å². The number of anilines is 1. The Hall–Kier alpha value is -3.77. The summed E-state index contributed by atoms with van der Waals surface area (Å²) in [5.41, 5.74) is 16.6. The van der Waals surface area contributed by atoms with E-state index < -0.39 is 0 Å². The molecule has 0 radical (unpaired) electrons. The fourth-order valence-corrected chi connectivity index (χ4v) is 3.74. The van der Waals surface area contributed by atoms with Gasteiger partial charge in [0.15, 0.2) is 0 Å². The molecule has 5 N–H and O–H groups in total. The first-order valence-corrected chi connectivity index (χ1v) is 10.3. The molecule has 0 saturated carbocycles. The third-order valence-corrected chi connectivity index (χ3v) is 5.13. The van der Waals surface area contributed by atoms with E-state index in [1.807, 2.05) is 66.7 Å². The Morgan fingerprint density at radius 3 is 2.61 bits per heavy atom. The number of nitrogens with one attached hydrogen (secondary N) is 1. The molecular formula is C25H25N5O. The van der Waals surface area contributed by atoms with Gasteiger partial charge in [0, 0.05) is 23.7 Å². The van der Waals surface area contributed by atoms with Crippen LogP contribution in [-0.2, 0) is 11.2 Å². The van der Waals surface area contributed by atoms with Crippen molar-refractivity contribution in [2.75, 3.05) is 18.4 Å². The number of amides is 1. The van der Waals surface area contributed by atoms with E-state index in [1.165, 1.54) is 0 Å². The van der Waals surface area contributed by atoms with E-state index in [4.69, 9.17) is 16.5 Å². The number of nitrogens with two attached hydrogens (primary N) is 2. The molecule has 6 heteroatoms. The molecule has 1 amide bonds. The van der Waals surface area contributed by atoms with Gasteiger partial charge in [0.2, 0.25) is 5.91 Å². The van der Waals surface area contributed by atoms with Gasteiger partial charge >= 0.3 is 0 Å². The summed E-state index contributed by atoms with van der Waals surface area (Å²) >= 11 is 0. The molecule has 31 heavy (non-hydrogen) atoms. The van der Waals surface area contributed by atoms with Crippen LogP contribution in [0.15, 0.2) is 72.9 Å². The van der Waals surface area contributed by atoms with Gasteiger partial charge in [-0.1, -0.05) is 48.5 Å². The minimum Gasteiger partial charge on any atom is -0.369 e. The highest BCUT2D eigenvalue weighted by molar-refractivity contribution is 5.95. The van der Waals surface area contributed by atoms with E-state index in [0.717, 1.165) is 51.1 Å². The Balaban J connectivity index is 1.95. The molecule has 0 aliphatic heterocycles. The number of benzene rings is 2. The van der Waals surface area contributed by atoms with E-state index in [-0.39, 0.29) is 12.3 Å². The minimum absolute atomic E-state index is 0.133. The summed E-state index contributed by atoms with van der Waals surface area (Å²) in [6.45, 7) is 1.31. The zero-order valence-electron chi connectivity index (χ0n) is 17.2. The molecule has 0 bridgehead atoms. The molecule has 156 valence electrons. The molecule has 2 aromatic heterocycles. The van der Waals surface area contributed by atoms with Crippen LogP contribution in [-0.4, -0.2) is 29.0 Å². The summed E-state index contributed by atoms with van der Waals surface area (Å²) in [6, 6.07) is 21.8. The SMILES string of the molecule is NCCCNc1nc(-c2c(CC(N)=O)cccc2-c2ccccc2)cc2ncccc12. The van der Waals surface area contributed by atoms with Gasteiger partial charge in [-0.25, -0.2) is 4.98 Å². The fraction of sp³-hybridized carbons (Fsp3) is 0.160. The number of hydrogen-bond acceptors (Lipinski definition) is 5. The van der Waals surface area contributed by atoms with Gasteiger partial charge in [-0.2, -0.15) is 0 Å². The van der Waals surface area contributed by atoms with Crippen molar-refractivity contribution in [1.82, 2.24) is 9.97 Å². The van der Waals surface area contributed by atoms with Crippen LogP contribution in [0.5, 0.6) is 0 Å². The lowest BCUT2D eigenvalue weighted by Gasteiger charge is -2.17. The predicted octanol–water partition coefficient (Wildman–Crippen LogP) is 3.75. The number of carbonyl (C=O) groups excluding carboxylic acids is 1. The Morgan fingerprint density at radius 2 is 1.84 bits per heavy atom. The van der Waals surface area contributed by atoms with Gasteiger partial charge in [0.25, 0.3) is 0 Å². The maximum absolute atomic E-state index is 11.8. The van der Waals surface area contributed by atoms with Crippen molar-refractivity contribution in [3.8, 4) is 22.4 Å². The third kappa shape index (κ3) is 4.54. The summed E-state index contributed by atoms with van der Waals surface area (Å²) < 4.78 is 0. The Labute approximate surface area is 181 Å². The second-order valence-corrected chi connectivity index (χ2v) is 7.34. The smallest absolute Gasteiger partial charge is 0.221 e. The van der Waals surface area contributed by atoms with Gasteiger partial charge in [-0.15, -0.1) is 0 Å². The molecule has 0 spiro atoms. The minimum atomic E-state index is -0.383. The number of hydrogen-bond donors (Lipinski definition) is 3. The van der Waals surface area contributed by atoms with Crippen LogP contribution >= 0.6 is 0 Å². The number of aromatic nitrogens is 2. The molecule has 2 aromatic carbocycles. The van der Waals surface area contributed by atoms with Crippen molar-refractivity contribution in [3.05, 3.63) is 78.5 Å². The summed E-state index contributed by atoms with van der Waals surface area (Å²) in [4.78, 5) is 21.3. The number of pyridine rings is 2. The van der Waals surface area contributed by atoms with Crippen molar-refractivity contribution in [2.24, 2.45) is 11.5 Å². The topological polar surface area (TPSA) is 107 Å². The second-order valence-electron chi connectivity index (χ2n) is 7.34. The highest BCUT2D eigenvalue weighted by atomic mass is 16.1. The molecule has 0 aliphatic rings. The second kappa shape index (κ2) is 9.36. The first-order chi connectivity index (χ1) is 15.2. The number of fused-ring (bicyclic) bond motifs is 1. The maximum atomic E-state index is 11.8. The molecular weight excluding hydrogens is 386 g/mol. The van der Waals surface area contributed by atoms with Crippen LogP contribution in [0.1, 0.15) is 12.0 Å². The average molecular weight is 412 g/mol. The first-order valence-electron chi connectivity index (χ1n) is 10.3. The lowest BCUT2D eigenvalue weighted by Crippen LogP contribution is -2.15. The van der Waals surface area contributed by atoms with Crippen molar-refractivity contribution in [3.63, 3.8) is 0 Å². The Kier molecular flexibility index (Phi) is 6.19. The molecule has 0 aliphatic carbocycles. The van der Waals surface area contributed by atoms with Crippen LogP contribution in [0.25, 0.3) is 33.3 Å². The molecule has 6 nitrogen and oxygen atoms in total. The maximum Gasteiger partial charge on any atom is 0.221 e. The highest BCUT2D eigenvalue weighted by Gasteiger charge is 2.17. The number of primary amides is 1. The summed E-state index contributed by atoms with van der Waals surface area (Å²) in [6.07, 6.45) is 2.73. The van der Waals surface area contributed by atoms with Crippen LogP contribution in [0, 0.1) is 0 Å². The Bertz CT molecular complexity index is 1210. The van der Waals surface area contributed by atoms with Crippen molar-refractivity contribution >= 4 is 22.6 Å². The first kappa shape index (κ1) is 20.5. The normalized spacial score (nSPS) is 10.9. The predicted molar refractivity (Wildman–Crippen MR) is 125 cm³/mol. The molecule has 4 rings (SSSR count). The summed E-state index contributed by atoms with van der Waals surface area (Å²) in [5, 5.41) is 4.34. The highest BCUT2D eigenvalue weighted by Crippen LogP contribution is 2.36. The van der Waals surface area contributed by atoms with E-state index >= 15 is 0 Å². The molecule has 0 unspecified atom stereocenters. The summed E-state index contributed by atoms with van der Waals surface area (Å²) in [7, 11) is 0. The van der Waals surface area contributed by atoms with Crippen molar-refractivity contribution < 1.29 is 4.79 Å².